The molecule has 5 heteroatoms. The number of aromatic nitrogens is 2. The Morgan fingerprint density at radius 1 is 1.75 bits per heavy atom. The summed E-state index contributed by atoms with van der Waals surface area (Å²) in [5.41, 5.74) is 0. The molecule has 1 aromatic heterocycles. The van der Waals surface area contributed by atoms with Crippen LogP contribution in [-0.2, 0) is 0 Å². The van der Waals surface area contributed by atoms with Crippen molar-refractivity contribution in [2.45, 2.75) is 0 Å². The summed E-state index contributed by atoms with van der Waals surface area (Å²) in [4.78, 5) is 7.80. The fraction of sp³-hybridized carbons (Fsp3) is 0.286. The number of methoxy groups -OCH3 is 1. The predicted octanol–water partition coefficient (Wildman–Crippen LogP) is 0.421. The highest BCUT2D eigenvalue weighted by Crippen LogP contribution is 2.06. The second kappa shape index (κ2) is 4.13. The van der Waals surface area contributed by atoms with Crippen molar-refractivity contribution in [3.8, 4) is 11.9 Å². The molecule has 0 saturated carbocycles. The zero-order valence-electron chi connectivity index (χ0n) is 6.61. The summed E-state index contributed by atoms with van der Waals surface area (Å²) in [6, 6.07) is 3.56. The van der Waals surface area contributed by atoms with Crippen LogP contribution < -0.4 is 10.1 Å². The van der Waals surface area contributed by atoms with Crippen LogP contribution in [0.5, 0.6) is 5.88 Å². The SMILES string of the molecule is COc1ccnc(NCC#N)n1. The maximum Gasteiger partial charge on any atom is 0.226 e. The van der Waals surface area contributed by atoms with Crippen LogP contribution in [0.4, 0.5) is 5.95 Å². The first-order valence-corrected chi connectivity index (χ1v) is 3.34. The van der Waals surface area contributed by atoms with E-state index >= 15 is 0 Å². The topological polar surface area (TPSA) is 70.8 Å². The lowest BCUT2D eigenvalue weighted by atomic mass is 10.6. The van der Waals surface area contributed by atoms with E-state index in [1.807, 2.05) is 6.07 Å². The largest absolute Gasteiger partial charge is 0.481 e. The summed E-state index contributed by atoms with van der Waals surface area (Å²) in [7, 11) is 1.52. The molecule has 0 aromatic carbocycles. The number of anilines is 1. The fourth-order valence-electron chi connectivity index (χ4n) is 0.660. The van der Waals surface area contributed by atoms with Crippen molar-refractivity contribution in [3.05, 3.63) is 12.3 Å². The summed E-state index contributed by atoms with van der Waals surface area (Å²) >= 11 is 0. The van der Waals surface area contributed by atoms with Crippen LogP contribution in [-0.4, -0.2) is 23.6 Å². The Morgan fingerprint density at radius 2 is 2.58 bits per heavy atom. The molecule has 0 fully saturated rings. The van der Waals surface area contributed by atoms with Gasteiger partial charge in [-0.15, -0.1) is 0 Å². The quantitative estimate of drug-likeness (QED) is 0.655. The first kappa shape index (κ1) is 8.27. The number of hydrogen-bond acceptors (Lipinski definition) is 5. The van der Waals surface area contributed by atoms with E-state index in [0.29, 0.717) is 11.8 Å². The lowest BCUT2D eigenvalue weighted by molar-refractivity contribution is 0.397. The molecule has 0 atom stereocenters. The highest BCUT2D eigenvalue weighted by Gasteiger charge is 1.95. The van der Waals surface area contributed by atoms with Gasteiger partial charge in [0.05, 0.1) is 13.2 Å². The summed E-state index contributed by atoms with van der Waals surface area (Å²) in [6.45, 7) is 0.188. The van der Waals surface area contributed by atoms with Crippen molar-refractivity contribution >= 4 is 5.95 Å². The third kappa shape index (κ3) is 2.09. The molecule has 1 heterocycles. The molecular weight excluding hydrogens is 156 g/mol. The van der Waals surface area contributed by atoms with Crippen molar-refractivity contribution in [3.63, 3.8) is 0 Å². The Bertz CT molecular complexity index is 294. The normalized spacial score (nSPS) is 8.67. The molecule has 0 aliphatic rings. The van der Waals surface area contributed by atoms with Crippen LogP contribution >= 0.6 is 0 Å². The van der Waals surface area contributed by atoms with Crippen LogP contribution in [0.25, 0.3) is 0 Å². The Morgan fingerprint density at radius 3 is 3.25 bits per heavy atom. The number of rotatable bonds is 3. The summed E-state index contributed by atoms with van der Waals surface area (Å²) in [5.74, 6) is 0.876. The van der Waals surface area contributed by atoms with Crippen LogP contribution in [0.3, 0.4) is 0 Å². The Balaban J connectivity index is 2.67. The standard InChI is InChI=1S/C7H8N4O/c1-12-6-2-4-9-7(11-6)10-5-3-8/h2,4H,5H2,1H3,(H,9,10,11). The van der Waals surface area contributed by atoms with Gasteiger partial charge in [0, 0.05) is 12.3 Å². The average molecular weight is 164 g/mol. The van der Waals surface area contributed by atoms with Gasteiger partial charge < -0.3 is 10.1 Å². The van der Waals surface area contributed by atoms with Crippen molar-refractivity contribution in [1.29, 1.82) is 5.26 Å². The Labute approximate surface area is 70.0 Å². The predicted molar refractivity (Wildman–Crippen MR) is 42.7 cm³/mol. The van der Waals surface area contributed by atoms with Gasteiger partial charge in [-0.25, -0.2) is 4.98 Å². The first-order valence-electron chi connectivity index (χ1n) is 3.34. The van der Waals surface area contributed by atoms with Gasteiger partial charge in [-0.05, 0) is 0 Å². The molecule has 0 bridgehead atoms. The summed E-state index contributed by atoms with van der Waals surface area (Å²) < 4.78 is 4.86. The van der Waals surface area contributed by atoms with Gasteiger partial charge in [-0.2, -0.15) is 10.2 Å². The third-order valence-electron chi connectivity index (χ3n) is 1.16. The minimum absolute atomic E-state index is 0.188. The zero-order valence-corrected chi connectivity index (χ0v) is 6.61. The van der Waals surface area contributed by atoms with Crippen molar-refractivity contribution < 1.29 is 4.74 Å². The summed E-state index contributed by atoms with van der Waals surface area (Å²) in [6.07, 6.45) is 1.56. The van der Waals surface area contributed by atoms with Gasteiger partial charge in [0.2, 0.25) is 11.8 Å². The Hall–Kier alpha value is -1.83. The fourth-order valence-corrected chi connectivity index (χ4v) is 0.660. The molecule has 0 spiro atoms. The van der Waals surface area contributed by atoms with Crippen LogP contribution in [0.15, 0.2) is 12.3 Å². The van der Waals surface area contributed by atoms with E-state index in [2.05, 4.69) is 15.3 Å². The van der Waals surface area contributed by atoms with Crippen molar-refractivity contribution in [1.82, 2.24) is 9.97 Å². The van der Waals surface area contributed by atoms with Crippen molar-refractivity contribution in [2.75, 3.05) is 19.0 Å². The number of nitrogens with zero attached hydrogens (tertiary/aromatic N) is 3. The molecule has 62 valence electrons. The number of ether oxygens (including phenoxy) is 1. The summed E-state index contributed by atoms with van der Waals surface area (Å²) in [5, 5.41) is 11.0. The molecule has 0 amide bonds. The average Bonchev–Trinajstić information content (AvgIpc) is 2.15. The second-order valence-electron chi connectivity index (χ2n) is 1.93. The Kier molecular flexibility index (Phi) is 2.85. The zero-order chi connectivity index (χ0) is 8.81. The third-order valence-corrected chi connectivity index (χ3v) is 1.16. The molecule has 0 radical (unpaired) electrons. The van der Waals surface area contributed by atoms with Crippen LogP contribution in [0.1, 0.15) is 0 Å². The molecule has 5 nitrogen and oxygen atoms in total. The number of hydrogen-bond donors (Lipinski definition) is 1. The maximum atomic E-state index is 8.25. The molecule has 1 rings (SSSR count). The van der Waals surface area contributed by atoms with Crippen LogP contribution in [0.2, 0.25) is 0 Å². The lowest BCUT2D eigenvalue weighted by Gasteiger charge is -2.00. The van der Waals surface area contributed by atoms with Gasteiger partial charge in [0.15, 0.2) is 0 Å². The molecule has 0 aliphatic heterocycles. The second-order valence-corrected chi connectivity index (χ2v) is 1.93. The highest BCUT2D eigenvalue weighted by molar-refractivity contribution is 5.28. The molecule has 1 N–H and O–H groups in total. The monoisotopic (exact) mass is 164 g/mol. The van der Waals surface area contributed by atoms with Gasteiger partial charge in [-0.3, -0.25) is 0 Å². The van der Waals surface area contributed by atoms with E-state index in [0.717, 1.165) is 0 Å². The smallest absolute Gasteiger partial charge is 0.226 e. The first-order chi connectivity index (χ1) is 5.86. The lowest BCUT2D eigenvalue weighted by Crippen LogP contribution is -2.03. The molecule has 1 aromatic rings. The van der Waals surface area contributed by atoms with Gasteiger partial charge in [0.25, 0.3) is 0 Å². The van der Waals surface area contributed by atoms with Gasteiger partial charge >= 0.3 is 0 Å². The highest BCUT2D eigenvalue weighted by atomic mass is 16.5. The van der Waals surface area contributed by atoms with Gasteiger partial charge in [0.1, 0.15) is 6.54 Å². The van der Waals surface area contributed by atoms with E-state index in [4.69, 9.17) is 10.00 Å². The minimum Gasteiger partial charge on any atom is -0.481 e. The van der Waals surface area contributed by atoms with Gasteiger partial charge in [-0.1, -0.05) is 0 Å². The van der Waals surface area contributed by atoms with Crippen molar-refractivity contribution in [2.24, 2.45) is 0 Å². The molecule has 0 aliphatic carbocycles. The minimum atomic E-state index is 0.188. The number of nitriles is 1. The molecule has 0 saturated heterocycles. The molecule has 12 heavy (non-hydrogen) atoms. The van der Waals surface area contributed by atoms with E-state index in [1.54, 1.807) is 12.3 Å². The van der Waals surface area contributed by atoms with Crippen LogP contribution in [0, 0.1) is 11.3 Å². The maximum absolute atomic E-state index is 8.25. The molecular formula is C7H8N4O. The molecule has 0 unspecified atom stereocenters. The number of nitrogens with one attached hydrogen (secondary N) is 1. The van der Waals surface area contributed by atoms with E-state index < -0.39 is 0 Å². The van der Waals surface area contributed by atoms with E-state index in [9.17, 15) is 0 Å². The van der Waals surface area contributed by atoms with E-state index in [1.165, 1.54) is 7.11 Å². The van der Waals surface area contributed by atoms with E-state index in [-0.39, 0.29) is 6.54 Å².